The van der Waals surface area contributed by atoms with Crippen LogP contribution in [0.25, 0.3) is 0 Å². The van der Waals surface area contributed by atoms with E-state index < -0.39 is 0 Å². The molecule has 0 unspecified atom stereocenters. The van der Waals surface area contributed by atoms with E-state index in [-0.39, 0.29) is 6.09 Å². The number of aryl methyl sites for hydroxylation is 1. The topological polar surface area (TPSA) is 38.3 Å². The summed E-state index contributed by atoms with van der Waals surface area (Å²) >= 11 is 1.72. The third kappa shape index (κ3) is 5.62. The van der Waals surface area contributed by atoms with Crippen molar-refractivity contribution in [3.8, 4) is 5.75 Å². The Hall–Kier alpha value is -1.16. The first-order valence-electron chi connectivity index (χ1n) is 7.63. The highest BCUT2D eigenvalue weighted by atomic mass is 32.2. The van der Waals surface area contributed by atoms with Crippen LogP contribution >= 0.6 is 11.8 Å². The summed E-state index contributed by atoms with van der Waals surface area (Å²) < 4.78 is 5.51. The highest BCUT2D eigenvalue weighted by molar-refractivity contribution is 7.98. The monoisotopic (exact) mass is 309 g/mol. The molecule has 0 aliphatic heterocycles. The Morgan fingerprint density at radius 3 is 2.62 bits per heavy atom. The van der Waals surface area contributed by atoms with Crippen LogP contribution < -0.4 is 10.1 Å². The molecular formula is C17H27NO2S. The maximum Gasteiger partial charge on any atom is 0.412 e. The van der Waals surface area contributed by atoms with Gasteiger partial charge in [-0.3, -0.25) is 0 Å². The predicted octanol–water partition coefficient (Wildman–Crippen LogP) is 5.12. The molecule has 3 nitrogen and oxygen atoms in total. The van der Waals surface area contributed by atoms with Crippen molar-refractivity contribution >= 4 is 17.9 Å². The Balaban J connectivity index is 2.77. The Labute approximate surface area is 132 Å². The summed E-state index contributed by atoms with van der Waals surface area (Å²) in [6.07, 6.45) is 4.97. The van der Waals surface area contributed by atoms with E-state index in [1.807, 2.05) is 13.0 Å². The first kappa shape index (κ1) is 17.9. The van der Waals surface area contributed by atoms with E-state index in [2.05, 4.69) is 38.4 Å². The molecule has 0 saturated heterocycles. The van der Waals surface area contributed by atoms with Gasteiger partial charge in [-0.1, -0.05) is 33.6 Å². The van der Waals surface area contributed by atoms with Crippen molar-refractivity contribution < 1.29 is 9.53 Å². The van der Waals surface area contributed by atoms with Crippen molar-refractivity contribution in [3.05, 3.63) is 23.3 Å². The van der Waals surface area contributed by atoms with Gasteiger partial charge in [0.2, 0.25) is 0 Å². The van der Waals surface area contributed by atoms with Crippen molar-refractivity contribution in [2.24, 2.45) is 0 Å². The van der Waals surface area contributed by atoms with Crippen molar-refractivity contribution in [2.45, 2.75) is 57.8 Å². The molecular weight excluding hydrogens is 282 g/mol. The highest BCUT2D eigenvalue weighted by Gasteiger charge is 2.14. The van der Waals surface area contributed by atoms with Crippen molar-refractivity contribution in [2.75, 3.05) is 12.8 Å². The number of thioether (sulfide) groups is 1. The number of carbonyl (C=O) groups excluding carboxylic acids is 1. The smallest absolute Gasteiger partial charge is 0.410 e. The van der Waals surface area contributed by atoms with E-state index in [1.54, 1.807) is 11.8 Å². The van der Waals surface area contributed by atoms with Crippen LogP contribution in [0.15, 0.2) is 17.0 Å². The van der Waals surface area contributed by atoms with Gasteiger partial charge in [0.25, 0.3) is 0 Å². The largest absolute Gasteiger partial charge is 0.412 e. The fourth-order valence-electron chi connectivity index (χ4n) is 2.14. The Morgan fingerprint density at radius 1 is 1.33 bits per heavy atom. The molecule has 1 aromatic carbocycles. The maximum atomic E-state index is 11.9. The van der Waals surface area contributed by atoms with Crippen LogP contribution in [0.3, 0.4) is 0 Å². The van der Waals surface area contributed by atoms with Crippen molar-refractivity contribution in [3.63, 3.8) is 0 Å². The molecule has 1 aromatic rings. The second-order valence-corrected chi connectivity index (χ2v) is 6.39. The standard InChI is InChI=1S/C17H27NO2S/c1-6-7-8-9-18-17(19)20-15-10-13(4)16(21-5)11-14(15)12(2)3/h10-12H,6-9H2,1-5H3,(H,18,19). The fourth-order valence-corrected chi connectivity index (χ4v) is 2.76. The minimum absolute atomic E-state index is 0.319. The first-order chi connectivity index (χ1) is 9.99. The molecule has 118 valence electrons. The van der Waals surface area contributed by atoms with Gasteiger partial charge in [-0.15, -0.1) is 11.8 Å². The average molecular weight is 309 g/mol. The minimum Gasteiger partial charge on any atom is -0.410 e. The molecule has 0 aliphatic rings. The fraction of sp³-hybridized carbons (Fsp3) is 0.588. The van der Waals surface area contributed by atoms with Crippen LogP contribution in [0.2, 0.25) is 0 Å². The highest BCUT2D eigenvalue weighted by Crippen LogP contribution is 2.33. The van der Waals surface area contributed by atoms with E-state index in [9.17, 15) is 4.79 Å². The van der Waals surface area contributed by atoms with Crippen LogP contribution in [-0.4, -0.2) is 18.9 Å². The molecule has 0 radical (unpaired) electrons. The number of carbonyl (C=O) groups is 1. The Morgan fingerprint density at radius 2 is 2.05 bits per heavy atom. The van der Waals surface area contributed by atoms with Gasteiger partial charge in [-0.2, -0.15) is 0 Å². The van der Waals surface area contributed by atoms with Gasteiger partial charge in [0, 0.05) is 11.4 Å². The molecule has 1 N–H and O–H groups in total. The average Bonchev–Trinajstić information content (AvgIpc) is 2.43. The molecule has 1 amide bonds. The van der Waals surface area contributed by atoms with E-state index in [0.717, 1.165) is 30.4 Å². The van der Waals surface area contributed by atoms with Crippen LogP contribution in [0, 0.1) is 6.92 Å². The zero-order valence-corrected chi connectivity index (χ0v) is 14.6. The molecule has 4 heteroatoms. The second-order valence-electron chi connectivity index (χ2n) is 5.54. The molecule has 0 aromatic heterocycles. The van der Waals surface area contributed by atoms with Gasteiger partial charge < -0.3 is 10.1 Å². The van der Waals surface area contributed by atoms with Gasteiger partial charge >= 0.3 is 6.09 Å². The summed E-state index contributed by atoms with van der Waals surface area (Å²) in [6.45, 7) is 9.08. The van der Waals surface area contributed by atoms with E-state index in [0.29, 0.717) is 18.2 Å². The summed E-state index contributed by atoms with van der Waals surface area (Å²) in [5.41, 5.74) is 2.22. The molecule has 0 fully saturated rings. The number of benzene rings is 1. The molecule has 0 atom stereocenters. The lowest BCUT2D eigenvalue weighted by Crippen LogP contribution is -2.28. The number of hydrogen-bond acceptors (Lipinski definition) is 3. The van der Waals surface area contributed by atoms with Crippen LogP contribution in [-0.2, 0) is 0 Å². The van der Waals surface area contributed by atoms with Gasteiger partial charge in [0.15, 0.2) is 0 Å². The van der Waals surface area contributed by atoms with Crippen LogP contribution in [0.4, 0.5) is 4.79 Å². The molecule has 21 heavy (non-hydrogen) atoms. The number of nitrogens with one attached hydrogen (secondary N) is 1. The molecule has 1 rings (SSSR count). The summed E-state index contributed by atoms with van der Waals surface area (Å²) in [5, 5.41) is 2.81. The lowest BCUT2D eigenvalue weighted by Gasteiger charge is -2.16. The third-order valence-electron chi connectivity index (χ3n) is 3.40. The maximum absolute atomic E-state index is 11.9. The zero-order valence-electron chi connectivity index (χ0n) is 13.8. The summed E-state index contributed by atoms with van der Waals surface area (Å²) in [5.74, 6) is 0.993. The number of unbranched alkanes of at least 4 members (excludes halogenated alkanes) is 2. The van der Waals surface area contributed by atoms with Gasteiger partial charge in [0.05, 0.1) is 0 Å². The first-order valence-corrected chi connectivity index (χ1v) is 8.86. The Bertz CT molecular complexity index is 472. The summed E-state index contributed by atoms with van der Waals surface area (Å²) in [4.78, 5) is 13.1. The lowest BCUT2D eigenvalue weighted by atomic mass is 10.0. The van der Waals surface area contributed by atoms with Crippen LogP contribution in [0.1, 0.15) is 57.1 Å². The molecule has 0 heterocycles. The SMILES string of the molecule is CCCCCNC(=O)Oc1cc(C)c(SC)cc1C(C)C. The number of hydrogen-bond donors (Lipinski definition) is 1. The van der Waals surface area contributed by atoms with E-state index in [4.69, 9.17) is 4.74 Å². The number of amides is 1. The van der Waals surface area contributed by atoms with Crippen LogP contribution in [0.5, 0.6) is 5.75 Å². The van der Waals surface area contributed by atoms with Gasteiger partial charge in [-0.05, 0) is 48.8 Å². The van der Waals surface area contributed by atoms with Crippen molar-refractivity contribution in [1.29, 1.82) is 0 Å². The molecule has 0 spiro atoms. The van der Waals surface area contributed by atoms with E-state index >= 15 is 0 Å². The number of rotatable bonds is 7. The Kier molecular flexibility index (Phi) is 7.65. The third-order valence-corrected chi connectivity index (χ3v) is 4.28. The normalized spacial score (nSPS) is 10.8. The van der Waals surface area contributed by atoms with Crippen molar-refractivity contribution in [1.82, 2.24) is 5.32 Å². The summed E-state index contributed by atoms with van der Waals surface area (Å²) in [7, 11) is 0. The zero-order chi connectivity index (χ0) is 15.8. The summed E-state index contributed by atoms with van der Waals surface area (Å²) in [6, 6.07) is 4.09. The second kappa shape index (κ2) is 8.98. The van der Waals surface area contributed by atoms with Gasteiger partial charge in [-0.25, -0.2) is 4.79 Å². The van der Waals surface area contributed by atoms with E-state index in [1.165, 1.54) is 4.90 Å². The predicted molar refractivity (Wildman–Crippen MR) is 90.6 cm³/mol. The lowest BCUT2D eigenvalue weighted by molar-refractivity contribution is 0.199. The van der Waals surface area contributed by atoms with Gasteiger partial charge in [0.1, 0.15) is 5.75 Å². The molecule has 0 saturated carbocycles. The molecule has 0 aliphatic carbocycles. The molecule has 0 bridgehead atoms. The quantitative estimate of drug-likeness (QED) is 0.561. The minimum atomic E-state index is -0.357. The number of ether oxygens (including phenoxy) is 1.